The van der Waals surface area contributed by atoms with Gasteiger partial charge < -0.3 is 14.2 Å². The van der Waals surface area contributed by atoms with Gasteiger partial charge in [0, 0.05) is 12.8 Å². The molecule has 0 aromatic heterocycles. The van der Waals surface area contributed by atoms with E-state index in [1.165, 1.54) is 0 Å². The van der Waals surface area contributed by atoms with Gasteiger partial charge in [0.1, 0.15) is 12.2 Å². The molecule has 0 amide bonds. The molecule has 23 heavy (non-hydrogen) atoms. The monoisotopic (exact) mass is 350 g/mol. The van der Waals surface area contributed by atoms with Gasteiger partial charge in [-0.15, -0.1) is 24.7 Å². The Kier molecular flexibility index (Phi) is 4.94. The first kappa shape index (κ1) is 18.8. The summed E-state index contributed by atoms with van der Waals surface area (Å²) >= 11 is 0. The summed E-state index contributed by atoms with van der Waals surface area (Å²) in [7, 11) is -3.57. The molecular formula is C18H30O3Si2. The largest absolute Gasteiger partial charge is 0.370 e. The minimum absolute atomic E-state index is 0.0949. The summed E-state index contributed by atoms with van der Waals surface area (Å²) in [4.78, 5) is 0. The molecule has 0 aliphatic carbocycles. The van der Waals surface area contributed by atoms with Gasteiger partial charge in [0.15, 0.2) is 0 Å². The van der Waals surface area contributed by atoms with Crippen LogP contribution in [0.5, 0.6) is 0 Å². The van der Waals surface area contributed by atoms with Crippen molar-refractivity contribution in [1.82, 2.24) is 0 Å². The van der Waals surface area contributed by atoms with Crippen LogP contribution in [0.15, 0.2) is 0 Å². The minimum Gasteiger partial charge on any atom is -0.370 e. The first-order valence-electron chi connectivity index (χ1n) is 8.34. The highest BCUT2D eigenvalue weighted by Gasteiger charge is 2.65. The lowest BCUT2D eigenvalue weighted by Crippen LogP contribution is -2.68. The molecule has 2 aliphatic rings. The summed E-state index contributed by atoms with van der Waals surface area (Å²) in [5.74, 6) is 5.73. The second kappa shape index (κ2) is 6.06. The summed E-state index contributed by atoms with van der Waals surface area (Å²) in [6, 6.07) is 0. The molecule has 0 aromatic carbocycles. The van der Waals surface area contributed by atoms with Gasteiger partial charge in [-0.25, -0.2) is 0 Å². The van der Waals surface area contributed by atoms with Gasteiger partial charge in [-0.1, -0.05) is 39.3 Å². The summed E-state index contributed by atoms with van der Waals surface area (Å²) in [6.07, 6.45) is 12.8. The second-order valence-electron chi connectivity index (χ2n) is 8.79. The Morgan fingerprint density at radius 1 is 0.870 bits per heavy atom. The third kappa shape index (κ3) is 3.31. The maximum atomic E-state index is 7.07. The van der Waals surface area contributed by atoms with Crippen molar-refractivity contribution in [2.24, 2.45) is 0 Å². The first-order valence-corrected chi connectivity index (χ1v) is 15.3. The Bertz CT molecular complexity index is 478. The molecule has 0 spiro atoms. The van der Waals surface area contributed by atoms with Gasteiger partial charge >= 0.3 is 0 Å². The summed E-state index contributed by atoms with van der Waals surface area (Å²) in [5.41, 5.74) is 0. The number of hydrogen-bond donors (Lipinski definition) is 0. The first-order chi connectivity index (χ1) is 10.5. The molecule has 0 bridgehead atoms. The van der Waals surface area contributed by atoms with Crippen LogP contribution in [0.25, 0.3) is 0 Å². The molecule has 2 rings (SSSR count). The van der Waals surface area contributed by atoms with Gasteiger partial charge in [0.05, 0.1) is 39.8 Å². The fourth-order valence-electron chi connectivity index (χ4n) is 3.50. The molecule has 5 heteroatoms. The van der Waals surface area contributed by atoms with Gasteiger partial charge in [0.2, 0.25) is 0 Å². The fraction of sp³-hybridized carbons (Fsp3) is 0.778. The Labute approximate surface area is 143 Å². The van der Waals surface area contributed by atoms with Crippen LogP contribution in [-0.2, 0) is 14.2 Å². The zero-order valence-electron chi connectivity index (χ0n) is 15.4. The van der Waals surface area contributed by atoms with Crippen molar-refractivity contribution < 1.29 is 14.2 Å². The summed E-state index contributed by atoms with van der Waals surface area (Å²) in [5, 5.41) is -0.796. The van der Waals surface area contributed by atoms with Crippen LogP contribution in [0.4, 0.5) is 0 Å². The zero-order valence-corrected chi connectivity index (χ0v) is 17.4. The van der Waals surface area contributed by atoms with E-state index in [0.29, 0.717) is 12.8 Å². The van der Waals surface area contributed by atoms with Crippen molar-refractivity contribution in [2.45, 2.75) is 74.8 Å². The van der Waals surface area contributed by atoms with Crippen molar-refractivity contribution in [3.8, 4) is 24.7 Å². The van der Waals surface area contributed by atoms with Crippen LogP contribution in [0.1, 0.15) is 12.8 Å². The molecular weight excluding hydrogens is 320 g/mol. The van der Waals surface area contributed by atoms with Crippen molar-refractivity contribution >= 4 is 16.1 Å². The fourth-order valence-corrected chi connectivity index (χ4v) is 8.11. The third-order valence-corrected chi connectivity index (χ3v) is 11.6. The topological polar surface area (TPSA) is 34.3 Å². The lowest BCUT2D eigenvalue weighted by Gasteiger charge is -2.52. The van der Waals surface area contributed by atoms with Crippen LogP contribution in [0, 0.1) is 24.7 Å². The van der Waals surface area contributed by atoms with E-state index in [2.05, 4.69) is 51.1 Å². The van der Waals surface area contributed by atoms with E-state index in [0.717, 1.165) is 13.2 Å². The van der Waals surface area contributed by atoms with Crippen LogP contribution in [0.3, 0.4) is 0 Å². The lowest BCUT2D eigenvalue weighted by molar-refractivity contribution is -0.0984. The second-order valence-corrected chi connectivity index (χ2v) is 19.5. The van der Waals surface area contributed by atoms with E-state index in [9.17, 15) is 0 Å². The number of ether oxygens (including phenoxy) is 3. The Balaban J connectivity index is 2.50. The molecule has 2 aliphatic heterocycles. The number of terminal acetylenes is 2. The molecule has 3 nitrogen and oxygen atoms in total. The number of rotatable bonds is 8. The van der Waals surface area contributed by atoms with Crippen molar-refractivity contribution in [3.63, 3.8) is 0 Å². The maximum Gasteiger partial charge on any atom is 0.108 e. The highest BCUT2D eigenvalue weighted by atomic mass is 28.3. The molecule has 4 unspecified atom stereocenters. The predicted molar refractivity (Wildman–Crippen MR) is 99.6 cm³/mol. The molecule has 128 valence electrons. The molecule has 2 heterocycles. The van der Waals surface area contributed by atoms with Crippen LogP contribution < -0.4 is 0 Å². The highest BCUT2D eigenvalue weighted by Crippen LogP contribution is 2.48. The van der Waals surface area contributed by atoms with Gasteiger partial charge in [-0.05, 0) is 0 Å². The number of epoxide rings is 2. The van der Waals surface area contributed by atoms with Crippen LogP contribution in [0.2, 0.25) is 39.3 Å². The van der Waals surface area contributed by atoms with Gasteiger partial charge in [0.25, 0.3) is 0 Å². The summed E-state index contributed by atoms with van der Waals surface area (Å²) in [6.45, 7) is 15.3. The minimum atomic E-state index is -1.79. The standard InChI is InChI=1S/C18H30O3Si2/c1-9-11-17(15-13-19-15,22(3,4)5)21-18(12-10-2,16-14-20-16)23(6,7)8/h1-2,15-16H,11-14H2,3-8H3. The third-order valence-electron chi connectivity index (χ3n) is 5.34. The van der Waals surface area contributed by atoms with Gasteiger partial charge in [-0.2, -0.15) is 0 Å². The van der Waals surface area contributed by atoms with Crippen molar-refractivity contribution in [2.75, 3.05) is 13.2 Å². The summed E-state index contributed by atoms with van der Waals surface area (Å²) < 4.78 is 18.5. The van der Waals surface area contributed by atoms with Crippen molar-refractivity contribution in [3.05, 3.63) is 0 Å². The van der Waals surface area contributed by atoms with E-state index in [1.807, 2.05) is 0 Å². The average molecular weight is 351 g/mol. The highest BCUT2D eigenvalue weighted by molar-refractivity contribution is 6.80. The van der Waals surface area contributed by atoms with E-state index < -0.39 is 26.6 Å². The number of hydrogen-bond acceptors (Lipinski definition) is 3. The molecule has 0 radical (unpaired) electrons. The van der Waals surface area contributed by atoms with E-state index >= 15 is 0 Å². The Morgan fingerprint density at radius 2 is 1.17 bits per heavy atom. The molecule has 0 aromatic rings. The Hall–Kier alpha value is -0.566. The van der Waals surface area contributed by atoms with Gasteiger partial charge in [-0.3, -0.25) is 0 Å². The molecule has 2 fully saturated rings. The van der Waals surface area contributed by atoms with E-state index in [4.69, 9.17) is 27.1 Å². The lowest BCUT2D eigenvalue weighted by atomic mass is 10.1. The van der Waals surface area contributed by atoms with Crippen molar-refractivity contribution in [1.29, 1.82) is 0 Å². The zero-order chi connectivity index (χ0) is 17.5. The Morgan fingerprint density at radius 3 is 1.35 bits per heavy atom. The smallest absolute Gasteiger partial charge is 0.108 e. The molecule has 0 saturated carbocycles. The molecule has 0 N–H and O–H groups in total. The van der Waals surface area contributed by atoms with Crippen LogP contribution in [-0.4, -0.2) is 52.0 Å². The quantitative estimate of drug-likeness (QED) is 0.383. The molecule has 2 saturated heterocycles. The van der Waals surface area contributed by atoms with E-state index in [1.54, 1.807) is 0 Å². The normalized spacial score (nSPS) is 28.9. The predicted octanol–water partition coefficient (Wildman–Crippen LogP) is 3.08. The van der Waals surface area contributed by atoms with E-state index in [-0.39, 0.29) is 12.2 Å². The maximum absolute atomic E-state index is 7.07. The average Bonchev–Trinajstić information content (AvgIpc) is 3.27. The molecule has 4 atom stereocenters. The van der Waals surface area contributed by atoms with Crippen LogP contribution >= 0.6 is 0 Å². The SMILES string of the molecule is C#CCC(OC(CC#C)(C1CO1)[Si](C)(C)C)(C1CO1)[Si](C)(C)C.